The molecule has 384 valence electrons. The average Bonchev–Trinajstić information content (AvgIpc) is 3.80. The van der Waals surface area contributed by atoms with Gasteiger partial charge in [-0.2, -0.15) is 0 Å². The van der Waals surface area contributed by atoms with Gasteiger partial charge in [0.2, 0.25) is 0 Å². The summed E-state index contributed by atoms with van der Waals surface area (Å²) in [5.74, 6) is 0.207. The van der Waals surface area contributed by atoms with Gasteiger partial charge in [0.05, 0.1) is 31.5 Å². The first-order valence-corrected chi connectivity index (χ1v) is 25.3. The van der Waals surface area contributed by atoms with Crippen LogP contribution in [0.2, 0.25) is 0 Å². The van der Waals surface area contributed by atoms with E-state index < -0.39 is 109 Å². The second-order valence-corrected chi connectivity index (χ2v) is 23.1. The molecule has 17 heteroatoms. The number of unbranched alkanes of at least 4 members (excludes halogenated alkanes) is 1. The predicted molar refractivity (Wildman–Crippen MR) is 238 cm³/mol. The molecule has 67 heavy (non-hydrogen) atoms. The van der Waals surface area contributed by atoms with E-state index >= 15 is 0 Å². The van der Waals surface area contributed by atoms with Crippen LogP contribution in [0.15, 0.2) is 11.6 Å². The Hall–Kier alpha value is -1.23. The van der Waals surface area contributed by atoms with Gasteiger partial charge in [-0.05, 0) is 118 Å². The van der Waals surface area contributed by atoms with E-state index in [-0.39, 0.29) is 53.8 Å². The number of aliphatic hydroxyl groups is 8. The highest BCUT2D eigenvalue weighted by Gasteiger charge is 2.72. The van der Waals surface area contributed by atoms with Crippen LogP contribution in [-0.2, 0) is 42.7 Å². The van der Waals surface area contributed by atoms with E-state index in [1.807, 2.05) is 0 Å². The molecule has 4 aliphatic heterocycles. The number of fused-ring (bicyclic) bond motifs is 5. The minimum atomic E-state index is -1.72. The first kappa shape index (κ1) is 52.1. The number of carbonyl (C=O) groups excluding carboxylic acids is 1. The molecule has 8 fully saturated rings. The predicted octanol–water partition coefficient (Wildman–Crippen LogP) is 2.62. The van der Waals surface area contributed by atoms with Crippen LogP contribution < -0.4 is 0 Å². The molecular formula is C50H82O17. The second-order valence-electron chi connectivity index (χ2n) is 23.1. The number of aldehydes is 1. The van der Waals surface area contributed by atoms with E-state index in [2.05, 4.69) is 54.5 Å². The van der Waals surface area contributed by atoms with Crippen LogP contribution in [-0.4, -0.2) is 171 Å². The van der Waals surface area contributed by atoms with Crippen molar-refractivity contribution in [1.82, 2.24) is 0 Å². The Balaban J connectivity index is 1.04. The summed E-state index contributed by atoms with van der Waals surface area (Å²) >= 11 is 0. The van der Waals surface area contributed by atoms with E-state index in [0.717, 1.165) is 56.9 Å². The lowest BCUT2D eigenvalue weighted by Crippen LogP contribution is -2.67. The zero-order valence-corrected chi connectivity index (χ0v) is 40.9. The molecule has 4 saturated heterocycles. The summed E-state index contributed by atoms with van der Waals surface area (Å²) < 4.78 is 49.8. The van der Waals surface area contributed by atoms with Gasteiger partial charge in [0, 0.05) is 18.4 Å². The summed E-state index contributed by atoms with van der Waals surface area (Å²) in [5.41, 5.74) is -1.60. The molecule has 0 amide bonds. The summed E-state index contributed by atoms with van der Waals surface area (Å²) in [5, 5.41) is 87.8. The number of ether oxygens (including phenoxy) is 8. The van der Waals surface area contributed by atoms with Crippen LogP contribution in [0.3, 0.4) is 0 Å². The summed E-state index contributed by atoms with van der Waals surface area (Å²) in [7, 11) is 0. The highest BCUT2D eigenvalue weighted by Crippen LogP contribution is 2.76. The van der Waals surface area contributed by atoms with Crippen LogP contribution in [0.4, 0.5) is 0 Å². The number of carbonyl (C=O) groups is 1. The average molecular weight is 955 g/mol. The van der Waals surface area contributed by atoms with Crippen molar-refractivity contribution in [3.63, 3.8) is 0 Å². The number of rotatable bonds is 13. The third-order valence-electron chi connectivity index (χ3n) is 18.9. The Bertz CT molecular complexity index is 1750. The molecule has 24 atom stereocenters. The van der Waals surface area contributed by atoms with Crippen molar-refractivity contribution in [2.75, 3.05) is 19.8 Å². The topological polar surface area (TPSA) is 253 Å². The fraction of sp³-hybridized carbons (Fsp3) is 0.940. The molecule has 0 aromatic heterocycles. The van der Waals surface area contributed by atoms with Gasteiger partial charge in [0.25, 0.3) is 0 Å². The maximum atomic E-state index is 14.1. The smallest absolute Gasteiger partial charge is 0.187 e. The Morgan fingerprint density at radius 1 is 0.687 bits per heavy atom. The zero-order chi connectivity index (χ0) is 48.6. The number of aliphatic hydroxyl groups excluding tert-OH is 7. The fourth-order valence-electron chi connectivity index (χ4n) is 15.0. The van der Waals surface area contributed by atoms with Crippen molar-refractivity contribution in [2.45, 2.75) is 230 Å². The van der Waals surface area contributed by atoms with Crippen molar-refractivity contribution in [1.29, 1.82) is 0 Å². The largest absolute Gasteiger partial charge is 0.388 e. The van der Waals surface area contributed by atoms with E-state index in [0.29, 0.717) is 25.9 Å². The molecule has 0 radical (unpaired) electrons. The molecule has 0 spiro atoms. The van der Waals surface area contributed by atoms with Crippen LogP contribution in [0.25, 0.3) is 0 Å². The molecule has 0 aromatic carbocycles. The molecule has 4 aliphatic carbocycles. The summed E-state index contributed by atoms with van der Waals surface area (Å²) in [6.07, 6.45) is -8.38. The van der Waals surface area contributed by atoms with Gasteiger partial charge in [0.15, 0.2) is 25.2 Å². The lowest BCUT2D eigenvalue weighted by Gasteiger charge is -2.69. The molecular weight excluding hydrogens is 873 g/mol. The Kier molecular flexibility index (Phi) is 15.3. The quantitative estimate of drug-likeness (QED) is 0.0572. The Labute approximate surface area is 395 Å². The molecule has 8 N–H and O–H groups in total. The highest BCUT2D eigenvalue weighted by molar-refractivity contribution is 5.62. The lowest BCUT2D eigenvalue weighted by atomic mass is 9.35. The van der Waals surface area contributed by atoms with Gasteiger partial charge in [0.1, 0.15) is 66.8 Å². The standard InChI is InChI=1S/C50H82O17/c1-9-10-19-60-45-50(59,21-27(64-45)20-25(2)3)29-13-16-47(7)28(29)11-12-33-48(47,8)17-14-32-46(5,6)34(15-18-49(32,33)24-51)65-44-41(67-43-39(58)37(56)35(54)26(4)63-43)40(31(53)23-62-44)66-42-38(57)36(55)30(52)22-61-42/h20,24,26-45,52-59H,9-19,21-23H2,1-8H3. The monoisotopic (exact) mass is 955 g/mol. The van der Waals surface area contributed by atoms with Crippen molar-refractivity contribution in [3.8, 4) is 0 Å². The summed E-state index contributed by atoms with van der Waals surface area (Å²) in [6, 6.07) is 0. The molecule has 24 unspecified atom stereocenters. The maximum Gasteiger partial charge on any atom is 0.187 e. The molecule has 4 heterocycles. The molecule has 8 rings (SSSR count). The SMILES string of the molecule is CCCCOC1OC(C=C(C)C)CC1(O)C1CCC2(C)C1CCC1C3(C=O)CCC(OC4OCC(O)C(OC5OCC(O)C(O)C5O)C4OC4OC(C)C(O)C(O)C4O)C(C)(C)C3CCC12C. The van der Waals surface area contributed by atoms with Gasteiger partial charge in [-0.25, -0.2) is 0 Å². The van der Waals surface area contributed by atoms with Crippen molar-refractivity contribution in [3.05, 3.63) is 11.6 Å². The van der Waals surface area contributed by atoms with Gasteiger partial charge < -0.3 is 83.5 Å². The number of hydrogen-bond acceptors (Lipinski definition) is 17. The summed E-state index contributed by atoms with van der Waals surface area (Å²) in [4.78, 5) is 14.1. The molecule has 8 aliphatic rings. The molecule has 0 bridgehead atoms. The van der Waals surface area contributed by atoms with Crippen LogP contribution in [0, 0.1) is 45.3 Å². The van der Waals surface area contributed by atoms with Gasteiger partial charge >= 0.3 is 0 Å². The van der Waals surface area contributed by atoms with Crippen LogP contribution in [0.5, 0.6) is 0 Å². The van der Waals surface area contributed by atoms with Gasteiger partial charge in [-0.15, -0.1) is 0 Å². The van der Waals surface area contributed by atoms with Crippen LogP contribution >= 0.6 is 0 Å². The van der Waals surface area contributed by atoms with Crippen molar-refractivity contribution < 1.29 is 83.5 Å². The normalized spacial score (nSPS) is 53.0. The molecule has 4 saturated carbocycles. The van der Waals surface area contributed by atoms with E-state index in [1.54, 1.807) is 0 Å². The Morgan fingerprint density at radius 2 is 1.36 bits per heavy atom. The van der Waals surface area contributed by atoms with Gasteiger partial charge in [-0.3, -0.25) is 0 Å². The van der Waals surface area contributed by atoms with Gasteiger partial charge in [-0.1, -0.05) is 52.7 Å². The van der Waals surface area contributed by atoms with E-state index in [9.17, 15) is 45.6 Å². The van der Waals surface area contributed by atoms with Crippen LogP contribution in [0.1, 0.15) is 126 Å². The third kappa shape index (κ3) is 8.85. The second kappa shape index (κ2) is 19.7. The number of hydrogen-bond donors (Lipinski definition) is 8. The molecule has 0 aromatic rings. The first-order valence-electron chi connectivity index (χ1n) is 25.3. The van der Waals surface area contributed by atoms with E-state index in [4.69, 9.17) is 37.9 Å². The number of allylic oxidation sites excluding steroid dienone is 1. The van der Waals surface area contributed by atoms with Crippen molar-refractivity contribution >= 4 is 6.29 Å². The Morgan fingerprint density at radius 3 is 2.06 bits per heavy atom. The first-order chi connectivity index (χ1) is 31.6. The third-order valence-corrected chi connectivity index (χ3v) is 18.9. The summed E-state index contributed by atoms with van der Waals surface area (Å²) in [6.45, 7) is 16.7. The van der Waals surface area contributed by atoms with Crippen molar-refractivity contribution in [2.24, 2.45) is 45.3 Å². The zero-order valence-electron chi connectivity index (χ0n) is 40.9. The van der Waals surface area contributed by atoms with E-state index in [1.165, 1.54) is 13.2 Å². The highest BCUT2D eigenvalue weighted by atomic mass is 16.8. The maximum absolute atomic E-state index is 14.1. The minimum absolute atomic E-state index is 0.0128. The fourth-order valence-corrected chi connectivity index (χ4v) is 15.0. The molecule has 17 nitrogen and oxygen atoms in total. The minimum Gasteiger partial charge on any atom is -0.388 e. The lowest BCUT2D eigenvalue weighted by molar-refractivity contribution is -0.383.